The summed E-state index contributed by atoms with van der Waals surface area (Å²) in [6.45, 7) is 3.14. The maximum Gasteiger partial charge on any atom is 0.207 e. The number of nitrogens with two attached hydrogens (primary N) is 2. The zero-order valence-corrected chi connectivity index (χ0v) is 15.7. The van der Waals surface area contributed by atoms with Gasteiger partial charge in [0.05, 0.1) is 31.0 Å². The lowest BCUT2D eigenvalue weighted by Gasteiger charge is -2.35. The molecular weight excluding hydrogens is 364 g/mol. The maximum atomic E-state index is 9.65. The van der Waals surface area contributed by atoms with Gasteiger partial charge in [-0.15, -0.1) is 10.2 Å². The SMILES string of the molecule is NCc1c(CNC[C@H](O)CN)ccc(N2CCOC(CO)C2)c1-c1nn[nH]n1. The molecule has 11 nitrogen and oxygen atoms in total. The molecule has 0 bridgehead atoms. The van der Waals surface area contributed by atoms with Crippen molar-refractivity contribution in [2.75, 3.05) is 44.3 Å². The van der Waals surface area contributed by atoms with Gasteiger partial charge in [-0.1, -0.05) is 6.07 Å². The average Bonchev–Trinajstić information content (AvgIpc) is 3.27. The Morgan fingerprint density at radius 1 is 1.39 bits per heavy atom. The fourth-order valence-electron chi connectivity index (χ4n) is 3.36. The van der Waals surface area contributed by atoms with Crippen LogP contribution in [0.15, 0.2) is 12.1 Å². The summed E-state index contributed by atoms with van der Waals surface area (Å²) in [5.74, 6) is 0.464. The van der Waals surface area contributed by atoms with Gasteiger partial charge in [-0.25, -0.2) is 0 Å². The van der Waals surface area contributed by atoms with Gasteiger partial charge in [0.25, 0.3) is 0 Å². The Morgan fingerprint density at radius 3 is 2.93 bits per heavy atom. The van der Waals surface area contributed by atoms with Crippen molar-refractivity contribution < 1.29 is 14.9 Å². The lowest BCUT2D eigenvalue weighted by molar-refractivity contribution is 0.00359. The van der Waals surface area contributed by atoms with Gasteiger partial charge in [-0.05, 0) is 22.4 Å². The van der Waals surface area contributed by atoms with E-state index in [0.717, 1.165) is 22.4 Å². The molecular formula is C17H28N8O3. The molecule has 1 saturated heterocycles. The fraction of sp³-hybridized carbons (Fsp3) is 0.588. The van der Waals surface area contributed by atoms with E-state index < -0.39 is 6.10 Å². The van der Waals surface area contributed by atoms with Crippen LogP contribution < -0.4 is 21.7 Å². The van der Waals surface area contributed by atoms with Crippen LogP contribution in [0, 0.1) is 0 Å². The number of aliphatic hydroxyl groups excluding tert-OH is 2. The van der Waals surface area contributed by atoms with E-state index in [2.05, 4.69) is 30.8 Å². The Morgan fingerprint density at radius 2 is 2.25 bits per heavy atom. The molecule has 0 aliphatic carbocycles. The summed E-state index contributed by atoms with van der Waals surface area (Å²) < 4.78 is 5.57. The second-order valence-corrected chi connectivity index (χ2v) is 6.68. The smallest absolute Gasteiger partial charge is 0.207 e. The molecule has 1 unspecified atom stereocenters. The number of morpholine rings is 1. The van der Waals surface area contributed by atoms with Crippen molar-refractivity contribution in [3.8, 4) is 11.4 Å². The number of benzene rings is 1. The predicted molar refractivity (Wildman–Crippen MR) is 103 cm³/mol. The average molecular weight is 392 g/mol. The Hall–Kier alpha value is -2.15. The number of aliphatic hydroxyl groups is 2. The number of tetrazole rings is 1. The molecule has 1 aliphatic rings. The Bertz CT molecular complexity index is 742. The van der Waals surface area contributed by atoms with Gasteiger partial charge in [0.1, 0.15) is 0 Å². The zero-order valence-electron chi connectivity index (χ0n) is 15.7. The number of ether oxygens (including phenoxy) is 1. The van der Waals surface area contributed by atoms with Gasteiger partial charge in [-0.3, -0.25) is 0 Å². The lowest BCUT2D eigenvalue weighted by Crippen LogP contribution is -2.44. The van der Waals surface area contributed by atoms with Crippen LogP contribution >= 0.6 is 0 Å². The summed E-state index contributed by atoms with van der Waals surface area (Å²) in [7, 11) is 0. The van der Waals surface area contributed by atoms with E-state index in [1.54, 1.807) is 0 Å². The van der Waals surface area contributed by atoms with Crippen molar-refractivity contribution >= 4 is 5.69 Å². The fourth-order valence-corrected chi connectivity index (χ4v) is 3.36. The summed E-state index contributed by atoms with van der Waals surface area (Å²) in [6.07, 6.45) is -0.840. The highest BCUT2D eigenvalue weighted by Gasteiger charge is 2.26. The molecule has 1 aromatic heterocycles. The van der Waals surface area contributed by atoms with Crippen LogP contribution in [0.25, 0.3) is 11.4 Å². The molecule has 1 fully saturated rings. The minimum atomic E-state index is -0.596. The number of nitrogens with one attached hydrogen (secondary N) is 2. The van der Waals surface area contributed by atoms with E-state index in [4.69, 9.17) is 16.2 Å². The van der Waals surface area contributed by atoms with Crippen LogP contribution in [0.1, 0.15) is 11.1 Å². The normalized spacial score (nSPS) is 18.4. The molecule has 0 spiro atoms. The molecule has 11 heteroatoms. The van der Waals surface area contributed by atoms with Crippen molar-refractivity contribution in [3.05, 3.63) is 23.3 Å². The molecule has 154 valence electrons. The second kappa shape index (κ2) is 9.87. The monoisotopic (exact) mass is 392 g/mol. The van der Waals surface area contributed by atoms with Crippen LogP contribution in [0.5, 0.6) is 0 Å². The Kier molecular flexibility index (Phi) is 7.25. The van der Waals surface area contributed by atoms with E-state index in [-0.39, 0.29) is 19.3 Å². The highest BCUT2D eigenvalue weighted by molar-refractivity contribution is 5.79. The third kappa shape index (κ3) is 4.63. The van der Waals surface area contributed by atoms with Gasteiger partial charge < -0.3 is 36.6 Å². The first-order valence-electron chi connectivity index (χ1n) is 9.32. The number of H-pyrrole nitrogens is 1. The molecule has 2 heterocycles. The largest absolute Gasteiger partial charge is 0.394 e. The van der Waals surface area contributed by atoms with Gasteiger partial charge in [0.15, 0.2) is 0 Å². The standard InChI is InChI=1S/C17H28N8O3/c18-5-12(27)8-20-7-11-1-2-15(25-3-4-28-13(9-25)10-26)16(14(11)6-19)17-21-23-24-22-17/h1-2,12-13,20,26-27H,3-10,18-19H2,(H,21,22,23,24)/t12-,13?/m1/s1. The number of anilines is 1. The summed E-state index contributed by atoms with van der Waals surface area (Å²) >= 11 is 0. The van der Waals surface area contributed by atoms with Crippen molar-refractivity contribution in [2.45, 2.75) is 25.3 Å². The maximum absolute atomic E-state index is 9.65. The number of hydrogen-bond donors (Lipinski definition) is 6. The highest BCUT2D eigenvalue weighted by Crippen LogP contribution is 2.34. The number of nitrogens with zero attached hydrogens (tertiary/aromatic N) is 4. The quantitative estimate of drug-likeness (QED) is 0.278. The van der Waals surface area contributed by atoms with Crippen LogP contribution in [0.3, 0.4) is 0 Å². The summed E-state index contributed by atoms with van der Waals surface area (Å²) in [4.78, 5) is 2.14. The molecule has 2 atom stereocenters. The summed E-state index contributed by atoms with van der Waals surface area (Å²) in [5.41, 5.74) is 15.2. The van der Waals surface area contributed by atoms with Crippen LogP contribution in [0.2, 0.25) is 0 Å². The van der Waals surface area contributed by atoms with E-state index in [9.17, 15) is 10.2 Å². The number of aromatic amines is 1. The molecule has 0 saturated carbocycles. The number of hydrogen-bond acceptors (Lipinski definition) is 10. The van der Waals surface area contributed by atoms with Gasteiger partial charge >= 0.3 is 0 Å². The zero-order chi connectivity index (χ0) is 19.9. The topological polar surface area (TPSA) is 171 Å². The number of aromatic nitrogens is 4. The van der Waals surface area contributed by atoms with E-state index in [1.165, 1.54) is 0 Å². The van der Waals surface area contributed by atoms with Gasteiger partial charge in [0.2, 0.25) is 5.82 Å². The number of rotatable bonds is 9. The minimum Gasteiger partial charge on any atom is -0.394 e. The van der Waals surface area contributed by atoms with Crippen molar-refractivity contribution in [1.82, 2.24) is 25.9 Å². The molecule has 1 aromatic carbocycles. The molecule has 2 aromatic rings. The lowest BCUT2D eigenvalue weighted by atomic mass is 9.97. The van der Waals surface area contributed by atoms with Crippen LogP contribution in [0.4, 0.5) is 5.69 Å². The summed E-state index contributed by atoms with van der Waals surface area (Å²) in [6, 6.07) is 4.01. The Labute approximate surface area is 163 Å². The Balaban J connectivity index is 1.94. The van der Waals surface area contributed by atoms with Gasteiger partial charge in [0, 0.05) is 45.0 Å². The molecule has 1 aliphatic heterocycles. The molecule has 3 rings (SSSR count). The van der Waals surface area contributed by atoms with Crippen LogP contribution in [-0.2, 0) is 17.8 Å². The van der Waals surface area contributed by atoms with E-state index >= 15 is 0 Å². The van der Waals surface area contributed by atoms with Crippen molar-refractivity contribution in [2.24, 2.45) is 11.5 Å². The third-order valence-corrected chi connectivity index (χ3v) is 4.81. The van der Waals surface area contributed by atoms with Gasteiger partial charge in [-0.2, -0.15) is 5.21 Å². The second-order valence-electron chi connectivity index (χ2n) is 6.68. The van der Waals surface area contributed by atoms with Crippen molar-refractivity contribution in [3.63, 3.8) is 0 Å². The molecule has 0 radical (unpaired) electrons. The first kappa shape index (κ1) is 20.6. The van der Waals surface area contributed by atoms with Crippen LogP contribution in [-0.4, -0.2) is 82.4 Å². The molecule has 0 amide bonds. The van der Waals surface area contributed by atoms with Crippen molar-refractivity contribution in [1.29, 1.82) is 0 Å². The first-order valence-corrected chi connectivity index (χ1v) is 9.32. The first-order chi connectivity index (χ1) is 13.7. The molecule has 8 N–H and O–H groups in total. The van der Waals surface area contributed by atoms with E-state index in [1.807, 2.05) is 12.1 Å². The summed E-state index contributed by atoms with van der Waals surface area (Å²) in [5, 5.41) is 36.8. The third-order valence-electron chi connectivity index (χ3n) is 4.81. The minimum absolute atomic E-state index is 0.0384. The highest BCUT2D eigenvalue weighted by atomic mass is 16.5. The van der Waals surface area contributed by atoms with E-state index in [0.29, 0.717) is 45.2 Å². The predicted octanol–water partition coefficient (Wildman–Crippen LogP) is -2.07. The molecule has 28 heavy (non-hydrogen) atoms.